The number of pyridine rings is 1. The van der Waals surface area contributed by atoms with Crippen molar-refractivity contribution in [2.45, 2.75) is 0 Å². The number of aromatic nitrogens is 3. The quantitative estimate of drug-likeness (QED) is 0.570. The number of H-pyrrole nitrogens is 3. The second-order valence-electron chi connectivity index (χ2n) is 5.04. The fourth-order valence-electron chi connectivity index (χ4n) is 2.62. The molecular weight excluding hydrogens is 376 g/mol. The molecule has 0 fully saturated rings. The molecule has 2 heterocycles. The molecule has 0 spiro atoms. The second kappa shape index (κ2) is 6.76. The predicted molar refractivity (Wildman–Crippen MR) is 103 cm³/mol. The lowest BCUT2D eigenvalue weighted by atomic mass is 9.98. The third-order valence-electron chi connectivity index (χ3n) is 3.69. The van der Waals surface area contributed by atoms with Gasteiger partial charge in [-0.25, -0.2) is 0 Å². The zero-order valence-corrected chi connectivity index (χ0v) is 15.7. The molecule has 0 amide bonds. The van der Waals surface area contributed by atoms with Gasteiger partial charge < -0.3 is 24.4 Å². The van der Waals surface area contributed by atoms with Gasteiger partial charge in [0.05, 0.1) is 25.2 Å². The standard InChI is InChI=1S/C16H12N4O2S3/c1-21-9-4-3-7(5-10(9)22-2)11-8(6-17)14(23)18-13-12(11)15(24)20-16(25)19-13/h3-5H,1-2H3,(H3,18,19,20,23,24,25). The van der Waals surface area contributed by atoms with E-state index >= 15 is 0 Å². The van der Waals surface area contributed by atoms with Crippen LogP contribution in [0.2, 0.25) is 0 Å². The van der Waals surface area contributed by atoms with Crippen LogP contribution in [0.1, 0.15) is 5.56 Å². The Morgan fingerprint density at radius 1 is 0.960 bits per heavy atom. The Bertz CT molecular complexity index is 1200. The lowest BCUT2D eigenvalue weighted by Crippen LogP contribution is -1.98. The molecule has 1 aromatic carbocycles. The van der Waals surface area contributed by atoms with Gasteiger partial charge in [-0.3, -0.25) is 0 Å². The molecule has 0 unspecified atom stereocenters. The first-order valence-electron chi connectivity index (χ1n) is 7.05. The molecule has 0 bridgehead atoms. The van der Waals surface area contributed by atoms with Crippen molar-refractivity contribution < 1.29 is 9.47 Å². The lowest BCUT2D eigenvalue weighted by molar-refractivity contribution is 0.355. The lowest BCUT2D eigenvalue weighted by Gasteiger charge is -2.13. The number of hydrogen-bond donors (Lipinski definition) is 3. The van der Waals surface area contributed by atoms with Crippen molar-refractivity contribution in [1.82, 2.24) is 15.0 Å². The molecule has 25 heavy (non-hydrogen) atoms. The summed E-state index contributed by atoms with van der Waals surface area (Å²) in [5.74, 6) is 1.12. The van der Waals surface area contributed by atoms with Gasteiger partial charge in [0.25, 0.3) is 0 Å². The van der Waals surface area contributed by atoms with Crippen molar-refractivity contribution in [3.8, 4) is 28.7 Å². The molecule has 0 saturated heterocycles. The Labute approximate surface area is 158 Å². The molecule has 0 aliphatic rings. The van der Waals surface area contributed by atoms with Gasteiger partial charge in [0, 0.05) is 5.56 Å². The minimum atomic E-state index is 0.297. The molecule has 126 valence electrons. The average molecular weight is 388 g/mol. The molecule has 2 aromatic heterocycles. The third-order valence-corrected chi connectivity index (χ3v) is 4.51. The zero-order chi connectivity index (χ0) is 18.1. The van der Waals surface area contributed by atoms with Crippen molar-refractivity contribution in [2.75, 3.05) is 14.2 Å². The Hall–Kier alpha value is -2.54. The van der Waals surface area contributed by atoms with E-state index in [-0.39, 0.29) is 0 Å². The summed E-state index contributed by atoms with van der Waals surface area (Å²) in [6.07, 6.45) is 0. The van der Waals surface area contributed by atoms with E-state index in [9.17, 15) is 5.26 Å². The van der Waals surface area contributed by atoms with Crippen molar-refractivity contribution in [3.63, 3.8) is 0 Å². The number of nitrogens with one attached hydrogen (secondary N) is 3. The number of hydrogen-bond acceptors (Lipinski definition) is 6. The molecule has 3 rings (SSSR count). The van der Waals surface area contributed by atoms with E-state index in [2.05, 4.69) is 21.0 Å². The SMILES string of the molecule is COc1ccc(-c2c(C#N)c(=S)[nH]c3[nH]c(=S)[nH]c(=S)c23)cc1OC. The van der Waals surface area contributed by atoms with E-state index in [0.29, 0.717) is 47.7 Å². The van der Waals surface area contributed by atoms with E-state index in [4.69, 9.17) is 46.1 Å². The second-order valence-corrected chi connectivity index (χ2v) is 6.27. The highest BCUT2D eigenvalue weighted by Crippen LogP contribution is 2.36. The van der Waals surface area contributed by atoms with Crippen molar-refractivity contribution in [3.05, 3.63) is 37.8 Å². The predicted octanol–water partition coefficient (Wildman–Crippen LogP) is 4.57. The first-order valence-corrected chi connectivity index (χ1v) is 8.27. The molecule has 0 atom stereocenters. The number of fused-ring (bicyclic) bond motifs is 1. The molecule has 0 saturated carbocycles. The number of ether oxygens (including phenoxy) is 2. The van der Waals surface area contributed by atoms with Crippen LogP contribution in [0.3, 0.4) is 0 Å². The van der Waals surface area contributed by atoms with Crippen molar-refractivity contribution in [2.24, 2.45) is 0 Å². The van der Waals surface area contributed by atoms with Crippen LogP contribution in [0.15, 0.2) is 18.2 Å². The average Bonchev–Trinajstić information content (AvgIpc) is 2.59. The molecule has 3 N–H and O–H groups in total. The van der Waals surface area contributed by atoms with Gasteiger partial charge >= 0.3 is 0 Å². The van der Waals surface area contributed by atoms with Gasteiger partial charge in [-0.2, -0.15) is 5.26 Å². The summed E-state index contributed by atoms with van der Waals surface area (Å²) >= 11 is 15.9. The summed E-state index contributed by atoms with van der Waals surface area (Å²) in [5, 5.41) is 10.3. The number of nitrogens with zero attached hydrogens (tertiary/aromatic N) is 1. The summed E-state index contributed by atoms with van der Waals surface area (Å²) in [5.41, 5.74) is 2.21. The van der Waals surface area contributed by atoms with Crippen LogP contribution in [-0.4, -0.2) is 29.2 Å². The Morgan fingerprint density at radius 2 is 1.68 bits per heavy atom. The van der Waals surface area contributed by atoms with Gasteiger partial charge in [-0.05, 0) is 29.9 Å². The largest absolute Gasteiger partial charge is 0.493 e. The number of methoxy groups -OCH3 is 2. The van der Waals surface area contributed by atoms with Crippen LogP contribution in [0.4, 0.5) is 0 Å². The highest BCUT2D eigenvalue weighted by Gasteiger charge is 2.16. The highest BCUT2D eigenvalue weighted by atomic mass is 32.1. The van der Waals surface area contributed by atoms with Crippen molar-refractivity contribution >= 4 is 47.7 Å². The van der Waals surface area contributed by atoms with Crippen LogP contribution >= 0.6 is 36.7 Å². The first kappa shape index (κ1) is 17.3. The minimum Gasteiger partial charge on any atom is -0.493 e. The molecule has 0 aliphatic carbocycles. The number of nitriles is 1. The zero-order valence-electron chi connectivity index (χ0n) is 13.2. The van der Waals surface area contributed by atoms with Gasteiger partial charge in [0.1, 0.15) is 21.0 Å². The van der Waals surface area contributed by atoms with E-state index in [1.165, 1.54) is 0 Å². The topological polar surface area (TPSA) is 89.6 Å². The van der Waals surface area contributed by atoms with Gasteiger partial charge in [0.15, 0.2) is 16.3 Å². The fraction of sp³-hybridized carbons (Fsp3) is 0.125. The monoisotopic (exact) mass is 388 g/mol. The summed E-state index contributed by atoms with van der Waals surface area (Å²) in [4.78, 5) is 8.87. The summed E-state index contributed by atoms with van der Waals surface area (Å²) < 4.78 is 11.7. The van der Waals surface area contributed by atoms with Crippen LogP contribution in [0.25, 0.3) is 22.2 Å². The normalized spacial score (nSPS) is 10.4. The molecule has 0 aliphatic heterocycles. The number of benzene rings is 1. The Morgan fingerprint density at radius 3 is 2.32 bits per heavy atom. The molecular formula is C16H12N4O2S3. The summed E-state index contributed by atoms with van der Waals surface area (Å²) in [6.45, 7) is 0. The third kappa shape index (κ3) is 2.95. The molecule has 3 aromatic rings. The van der Waals surface area contributed by atoms with Crippen LogP contribution in [0.5, 0.6) is 11.5 Å². The summed E-state index contributed by atoms with van der Waals surface area (Å²) in [6, 6.07) is 7.52. The van der Waals surface area contributed by atoms with Gasteiger partial charge in [0.2, 0.25) is 0 Å². The Kier molecular flexibility index (Phi) is 4.67. The van der Waals surface area contributed by atoms with E-state index in [0.717, 1.165) is 5.56 Å². The molecule has 6 nitrogen and oxygen atoms in total. The maximum absolute atomic E-state index is 9.63. The van der Waals surface area contributed by atoms with Crippen LogP contribution in [0, 0.1) is 25.4 Å². The van der Waals surface area contributed by atoms with Crippen molar-refractivity contribution in [1.29, 1.82) is 5.26 Å². The van der Waals surface area contributed by atoms with E-state index < -0.39 is 0 Å². The Balaban J connectivity index is 2.51. The minimum absolute atomic E-state index is 0.297. The highest BCUT2D eigenvalue weighted by molar-refractivity contribution is 7.72. The van der Waals surface area contributed by atoms with Crippen LogP contribution < -0.4 is 9.47 Å². The summed E-state index contributed by atoms with van der Waals surface area (Å²) in [7, 11) is 3.11. The van der Waals surface area contributed by atoms with Gasteiger partial charge in [-0.15, -0.1) is 0 Å². The van der Waals surface area contributed by atoms with Crippen LogP contribution in [-0.2, 0) is 0 Å². The number of rotatable bonds is 3. The van der Waals surface area contributed by atoms with E-state index in [1.54, 1.807) is 26.4 Å². The smallest absolute Gasteiger partial charge is 0.177 e. The van der Waals surface area contributed by atoms with E-state index in [1.807, 2.05) is 6.07 Å². The molecule has 9 heteroatoms. The first-order chi connectivity index (χ1) is 12.0. The maximum atomic E-state index is 9.63. The number of aromatic amines is 3. The fourth-order valence-corrected chi connectivity index (χ4v) is 3.45. The molecule has 0 radical (unpaired) electrons. The maximum Gasteiger partial charge on any atom is 0.177 e. The van der Waals surface area contributed by atoms with Gasteiger partial charge in [-0.1, -0.05) is 30.5 Å².